The first-order valence-electron chi connectivity index (χ1n) is 7.84. The van der Waals surface area contributed by atoms with Crippen LogP contribution in [0.4, 0.5) is 0 Å². The molecule has 4 heteroatoms. The summed E-state index contributed by atoms with van der Waals surface area (Å²) >= 11 is 0. The van der Waals surface area contributed by atoms with Crippen molar-refractivity contribution in [1.82, 2.24) is 15.5 Å². The Bertz CT molecular complexity index is 664. The van der Waals surface area contributed by atoms with Gasteiger partial charge in [0, 0.05) is 18.5 Å². The Labute approximate surface area is 124 Å². The van der Waals surface area contributed by atoms with Crippen LogP contribution in [-0.2, 0) is 6.42 Å². The molecule has 21 heavy (non-hydrogen) atoms. The summed E-state index contributed by atoms with van der Waals surface area (Å²) in [6.07, 6.45) is 4.43. The van der Waals surface area contributed by atoms with Crippen molar-refractivity contribution in [2.24, 2.45) is 0 Å². The fraction of sp³-hybridized carbons (Fsp3) is 0.529. The maximum absolute atomic E-state index is 5.53. The number of nitrogens with zero attached hydrogens (tertiary/aromatic N) is 2. The predicted molar refractivity (Wildman–Crippen MR) is 80.3 cm³/mol. The van der Waals surface area contributed by atoms with Crippen LogP contribution in [0.2, 0.25) is 0 Å². The van der Waals surface area contributed by atoms with Gasteiger partial charge in [-0.25, -0.2) is 0 Å². The maximum Gasteiger partial charge on any atom is 0.231 e. The lowest BCUT2D eigenvalue weighted by Crippen LogP contribution is -2.21. The summed E-state index contributed by atoms with van der Waals surface area (Å²) in [7, 11) is 0. The summed E-state index contributed by atoms with van der Waals surface area (Å²) in [6, 6.07) is 7.73. The van der Waals surface area contributed by atoms with Gasteiger partial charge in [-0.05, 0) is 49.8 Å². The van der Waals surface area contributed by atoms with E-state index in [9.17, 15) is 0 Å². The van der Waals surface area contributed by atoms with E-state index in [1.165, 1.54) is 29.5 Å². The fourth-order valence-electron chi connectivity index (χ4n) is 3.68. The Morgan fingerprint density at radius 2 is 2.14 bits per heavy atom. The zero-order valence-corrected chi connectivity index (χ0v) is 12.6. The lowest BCUT2D eigenvalue weighted by molar-refractivity contribution is 0.327. The van der Waals surface area contributed by atoms with Gasteiger partial charge in [0.15, 0.2) is 5.82 Å². The standard InChI is InChI=1S/C17H21N3O/c1-10-3-4-12(7-11(10)2)8-16-19-17(21-20-16)14-9-13-5-6-15(14)18-13/h3-4,7,13-15,18H,5-6,8-9H2,1-2H3. The summed E-state index contributed by atoms with van der Waals surface area (Å²) in [5, 5.41) is 7.80. The average molecular weight is 283 g/mol. The van der Waals surface area contributed by atoms with Crippen LogP contribution in [0.5, 0.6) is 0 Å². The van der Waals surface area contributed by atoms with Gasteiger partial charge in [0.2, 0.25) is 5.89 Å². The molecule has 4 rings (SSSR count). The molecule has 2 aromatic rings. The van der Waals surface area contributed by atoms with E-state index in [0.717, 1.165) is 24.6 Å². The molecule has 0 radical (unpaired) electrons. The Morgan fingerprint density at radius 1 is 1.24 bits per heavy atom. The minimum Gasteiger partial charge on any atom is -0.339 e. The molecule has 3 unspecified atom stereocenters. The van der Waals surface area contributed by atoms with Gasteiger partial charge < -0.3 is 9.84 Å². The molecule has 0 saturated carbocycles. The van der Waals surface area contributed by atoms with E-state index in [2.05, 4.69) is 47.5 Å². The van der Waals surface area contributed by atoms with Gasteiger partial charge in [0.25, 0.3) is 0 Å². The Kier molecular flexibility index (Phi) is 3.07. The summed E-state index contributed by atoms with van der Waals surface area (Å²) in [4.78, 5) is 4.64. The largest absolute Gasteiger partial charge is 0.339 e. The fourth-order valence-corrected chi connectivity index (χ4v) is 3.68. The third kappa shape index (κ3) is 2.38. The van der Waals surface area contributed by atoms with Crippen LogP contribution in [0.3, 0.4) is 0 Å². The Hall–Kier alpha value is -1.68. The molecular weight excluding hydrogens is 262 g/mol. The van der Waals surface area contributed by atoms with E-state index in [1.54, 1.807) is 0 Å². The number of benzene rings is 1. The van der Waals surface area contributed by atoms with E-state index in [0.29, 0.717) is 18.0 Å². The van der Waals surface area contributed by atoms with E-state index >= 15 is 0 Å². The van der Waals surface area contributed by atoms with Crippen LogP contribution < -0.4 is 5.32 Å². The van der Waals surface area contributed by atoms with Gasteiger partial charge in [-0.1, -0.05) is 23.4 Å². The zero-order valence-electron chi connectivity index (χ0n) is 12.6. The van der Waals surface area contributed by atoms with Crippen molar-refractivity contribution in [3.63, 3.8) is 0 Å². The second-order valence-electron chi connectivity index (χ2n) is 6.53. The molecule has 2 aliphatic rings. The molecule has 3 atom stereocenters. The van der Waals surface area contributed by atoms with E-state index in [4.69, 9.17) is 4.52 Å². The SMILES string of the molecule is Cc1ccc(Cc2noc(C3CC4CCC3N4)n2)cc1C. The summed E-state index contributed by atoms with van der Waals surface area (Å²) in [5.74, 6) is 2.05. The number of aryl methyl sites for hydroxylation is 2. The molecule has 2 saturated heterocycles. The summed E-state index contributed by atoms with van der Waals surface area (Å²) < 4.78 is 5.53. The Balaban J connectivity index is 1.50. The van der Waals surface area contributed by atoms with Gasteiger partial charge in [-0.2, -0.15) is 4.98 Å². The highest BCUT2D eigenvalue weighted by molar-refractivity contribution is 5.31. The van der Waals surface area contributed by atoms with Gasteiger partial charge >= 0.3 is 0 Å². The van der Waals surface area contributed by atoms with Crippen LogP contribution in [0, 0.1) is 13.8 Å². The first-order valence-corrected chi connectivity index (χ1v) is 7.84. The van der Waals surface area contributed by atoms with Gasteiger partial charge in [-0.15, -0.1) is 0 Å². The lowest BCUT2D eigenvalue weighted by atomic mass is 9.89. The average Bonchev–Trinajstić information content (AvgIpc) is 3.18. The quantitative estimate of drug-likeness (QED) is 0.941. The molecule has 1 aromatic heterocycles. The molecule has 0 aliphatic carbocycles. The molecule has 2 fully saturated rings. The van der Waals surface area contributed by atoms with Gasteiger partial charge in [0.05, 0.1) is 5.92 Å². The molecule has 2 bridgehead atoms. The number of hydrogen-bond donors (Lipinski definition) is 1. The third-order valence-electron chi connectivity index (χ3n) is 5.03. The first kappa shape index (κ1) is 13.0. The van der Waals surface area contributed by atoms with Crippen molar-refractivity contribution < 1.29 is 4.52 Å². The first-order chi connectivity index (χ1) is 10.2. The molecule has 3 heterocycles. The van der Waals surface area contributed by atoms with Crippen LogP contribution in [-0.4, -0.2) is 22.2 Å². The highest BCUT2D eigenvalue weighted by Gasteiger charge is 2.42. The van der Waals surface area contributed by atoms with Crippen LogP contribution in [0.1, 0.15) is 53.6 Å². The predicted octanol–water partition coefficient (Wildman–Crippen LogP) is 2.89. The molecule has 2 aliphatic heterocycles. The lowest BCUT2D eigenvalue weighted by Gasteiger charge is -2.15. The van der Waals surface area contributed by atoms with Crippen LogP contribution >= 0.6 is 0 Å². The summed E-state index contributed by atoms with van der Waals surface area (Å²) in [6.45, 7) is 4.27. The molecule has 0 amide bonds. The molecule has 0 spiro atoms. The number of nitrogens with one attached hydrogen (secondary N) is 1. The van der Waals surface area contributed by atoms with Gasteiger partial charge in [0.1, 0.15) is 0 Å². The zero-order chi connectivity index (χ0) is 14.4. The molecular formula is C17H21N3O. The Morgan fingerprint density at radius 3 is 2.86 bits per heavy atom. The van der Waals surface area contributed by atoms with Crippen LogP contribution in [0.25, 0.3) is 0 Å². The monoisotopic (exact) mass is 283 g/mol. The number of hydrogen-bond acceptors (Lipinski definition) is 4. The van der Waals surface area contributed by atoms with Gasteiger partial charge in [-0.3, -0.25) is 0 Å². The molecule has 4 nitrogen and oxygen atoms in total. The smallest absolute Gasteiger partial charge is 0.231 e. The minimum atomic E-state index is 0.421. The highest BCUT2D eigenvalue weighted by atomic mass is 16.5. The van der Waals surface area contributed by atoms with Crippen molar-refractivity contribution in [2.45, 2.75) is 57.5 Å². The molecule has 110 valence electrons. The second kappa shape index (κ2) is 4.95. The van der Waals surface area contributed by atoms with Crippen molar-refractivity contribution in [3.8, 4) is 0 Å². The van der Waals surface area contributed by atoms with E-state index in [1.807, 2.05) is 0 Å². The third-order valence-corrected chi connectivity index (χ3v) is 5.03. The molecule has 1 aromatic carbocycles. The molecule has 1 N–H and O–H groups in total. The van der Waals surface area contributed by atoms with E-state index in [-0.39, 0.29) is 0 Å². The topological polar surface area (TPSA) is 51.0 Å². The summed E-state index contributed by atoms with van der Waals surface area (Å²) in [5.41, 5.74) is 3.88. The highest BCUT2D eigenvalue weighted by Crippen LogP contribution is 2.39. The van der Waals surface area contributed by atoms with E-state index < -0.39 is 0 Å². The van der Waals surface area contributed by atoms with Crippen molar-refractivity contribution in [3.05, 3.63) is 46.6 Å². The minimum absolute atomic E-state index is 0.421. The maximum atomic E-state index is 5.53. The normalized spacial score (nSPS) is 27.4. The number of fused-ring (bicyclic) bond motifs is 2. The van der Waals surface area contributed by atoms with Crippen molar-refractivity contribution >= 4 is 0 Å². The van der Waals surface area contributed by atoms with Crippen molar-refractivity contribution in [2.75, 3.05) is 0 Å². The number of rotatable bonds is 3. The second-order valence-corrected chi connectivity index (χ2v) is 6.53. The van der Waals surface area contributed by atoms with Crippen molar-refractivity contribution in [1.29, 1.82) is 0 Å². The van der Waals surface area contributed by atoms with Crippen LogP contribution in [0.15, 0.2) is 22.7 Å². The number of aromatic nitrogens is 2.